The molecule has 33 heavy (non-hydrogen) atoms. The maximum atomic E-state index is 14.9. The molecule has 0 bridgehead atoms. The van der Waals surface area contributed by atoms with Crippen LogP contribution < -0.4 is 9.80 Å². The SMILES string of the molecule is CC1(C)C(=O)N(c2ccc(C#N)c(Cl)c2F)C(=S)N1c1ccc(COCc2ncc[nH]2)cc1. The van der Waals surface area contributed by atoms with Gasteiger partial charge in [0.05, 0.1) is 22.9 Å². The van der Waals surface area contributed by atoms with Gasteiger partial charge in [-0.05, 0) is 55.9 Å². The summed E-state index contributed by atoms with van der Waals surface area (Å²) in [5.41, 5.74) is 0.433. The minimum absolute atomic E-state index is 0.0172. The number of anilines is 2. The zero-order valence-electron chi connectivity index (χ0n) is 17.8. The van der Waals surface area contributed by atoms with E-state index in [4.69, 9.17) is 33.8 Å². The summed E-state index contributed by atoms with van der Waals surface area (Å²) in [6.07, 6.45) is 3.40. The molecule has 7 nitrogen and oxygen atoms in total. The molecule has 0 atom stereocenters. The minimum atomic E-state index is -1.07. The molecule has 3 aromatic rings. The molecule has 2 aromatic carbocycles. The van der Waals surface area contributed by atoms with E-state index in [1.165, 1.54) is 12.1 Å². The van der Waals surface area contributed by atoms with Crippen LogP contribution in [-0.4, -0.2) is 26.5 Å². The van der Waals surface area contributed by atoms with Gasteiger partial charge in [0, 0.05) is 18.1 Å². The average Bonchev–Trinajstić information content (AvgIpc) is 3.36. The molecule has 0 spiro atoms. The number of aromatic nitrogens is 2. The van der Waals surface area contributed by atoms with Crippen LogP contribution in [0.4, 0.5) is 15.8 Å². The Hall–Kier alpha value is -3.32. The molecule has 1 aliphatic heterocycles. The maximum absolute atomic E-state index is 14.9. The third-order valence-electron chi connectivity index (χ3n) is 5.35. The first kappa shape index (κ1) is 22.9. The summed E-state index contributed by atoms with van der Waals surface area (Å²) in [5, 5.41) is 8.84. The number of imidazole rings is 1. The molecule has 0 radical (unpaired) electrons. The van der Waals surface area contributed by atoms with Gasteiger partial charge in [0.15, 0.2) is 10.9 Å². The predicted molar refractivity (Wildman–Crippen MR) is 126 cm³/mol. The Morgan fingerprint density at radius 1 is 1.24 bits per heavy atom. The van der Waals surface area contributed by atoms with Crippen molar-refractivity contribution < 1.29 is 13.9 Å². The highest BCUT2D eigenvalue weighted by molar-refractivity contribution is 7.81. The lowest BCUT2D eigenvalue weighted by atomic mass is 10.0. The van der Waals surface area contributed by atoms with E-state index in [1.807, 2.05) is 30.3 Å². The minimum Gasteiger partial charge on any atom is -0.369 e. The number of rotatable bonds is 6. The Morgan fingerprint density at radius 2 is 1.97 bits per heavy atom. The van der Waals surface area contributed by atoms with Gasteiger partial charge in [0.2, 0.25) is 0 Å². The van der Waals surface area contributed by atoms with E-state index in [2.05, 4.69) is 9.97 Å². The normalized spacial score (nSPS) is 15.2. The number of nitrogens with zero attached hydrogens (tertiary/aromatic N) is 4. The third-order valence-corrected chi connectivity index (χ3v) is 6.08. The van der Waals surface area contributed by atoms with Gasteiger partial charge in [-0.2, -0.15) is 5.26 Å². The number of thiocarbonyl (C=S) groups is 1. The number of carbonyl (C=O) groups excluding carboxylic acids is 1. The second kappa shape index (κ2) is 8.90. The highest BCUT2D eigenvalue weighted by atomic mass is 35.5. The number of aromatic amines is 1. The van der Waals surface area contributed by atoms with Crippen LogP contribution in [0.25, 0.3) is 0 Å². The van der Waals surface area contributed by atoms with Crippen molar-refractivity contribution in [2.24, 2.45) is 0 Å². The Balaban J connectivity index is 1.57. The Bertz CT molecular complexity index is 1260. The molecular weight excluding hydrogens is 465 g/mol. The van der Waals surface area contributed by atoms with Crippen molar-refractivity contribution in [3.8, 4) is 6.07 Å². The van der Waals surface area contributed by atoms with Crippen molar-refractivity contribution >= 4 is 46.2 Å². The number of amides is 1. The van der Waals surface area contributed by atoms with E-state index in [1.54, 1.807) is 31.1 Å². The van der Waals surface area contributed by atoms with Crippen molar-refractivity contribution in [2.45, 2.75) is 32.6 Å². The van der Waals surface area contributed by atoms with E-state index in [9.17, 15) is 9.18 Å². The maximum Gasteiger partial charge on any atom is 0.259 e. The van der Waals surface area contributed by atoms with Crippen molar-refractivity contribution in [2.75, 3.05) is 9.80 Å². The molecule has 2 heterocycles. The van der Waals surface area contributed by atoms with Crippen LogP contribution in [0.3, 0.4) is 0 Å². The second-order valence-corrected chi connectivity index (χ2v) is 8.63. The molecule has 1 saturated heterocycles. The van der Waals surface area contributed by atoms with Crippen molar-refractivity contribution in [1.82, 2.24) is 9.97 Å². The number of nitriles is 1. The van der Waals surface area contributed by atoms with Gasteiger partial charge >= 0.3 is 0 Å². The van der Waals surface area contributed by atoms with E-state index in [-0.39, 0.29) is 21.4 Å². The van der Waals surface area contributed by atoms with Crippen LogP contribution >= 0.6 is 23.8 Å². The van der Waals surface area contributed by atoms with Crippen LogP contribution in [0, 0.1) is 17.1 Å². The van der Waals surface area contributed by atoms with Gasteiger partial charge in [-0.3, -0.25) is 9.69 Å². The lowest BCUT2D eigenvalue weighted by Crippen LogP contribution is -2.44. The third kappa shape index (κ3) is 4.09. The number of ether oxygens (including phenoxy) is 1. The zero-order chi connectivity index (χ0) is 23.8. The Morgan fingerprint density at radius 3 is 2.61 bits per heavy atom. The van der Waals surface area contributed by atoms with Gasteiger partial charge in [0.1, 0.15) is 24.0 Å². The first-order valence-corrected chi connectivity index (χ1v) is 10.8. The first-order valence-electron chi connectivity index (χ1n) is 9.97. The summed E-state index contributed by atoms with van der Waals surface area (Å²) < 4.78 is 20.6. The van der Waals surface area contributed by atoms with Gasteiger partial charge in [-0.15, -0.1) is 0 Å². The fraction of sp³-hybridized carbons (Fsp3) is 0.217. The zero-order valence-corrected chi connectivity index (χ0v) is 19.4. The van der Waals surface area contributed by atoms with Crippen LogP contribution in [0.15, 0.2) is 48.8 Å². The predicted octanol–water partition coefficient (Wildman–Crippen LogP) is 4.71. The molecule has 1 N–H and O–H groups in total. The van der Waals surface area contributed by atoms with Crippen molar-refractivity contribution in [3.05, 3.63) is 76.6 Å². The lowest BCUT2D eigenvalue weighted by molar-refractivity contribution is -0.120. The number of halogens is 2. The van der Waals surface area contributed by atoms with Crippen LogP contribution in [0.2, 0.25) is 5.02 Å². The molecule has 0 aliphatic carbocycles. The van der Waals surface area contributed by atoms with Crippen molar-refractivity contribution in [1.29, 1.82) is 5.26 Å². The van der Waals surface area contributed by atoms with Crippen molar-refractivity contribution in [3.63, 3.8) is 0 Å². The number of carbonyl (C=O) groups is 1. The summed E-state index contributed by atoms with van der Waals surface area (Å²) in [6, 6.07) is 11.9. The molecule has 1 aromatic heterocycles. The molecular formula is C23H19ClFN5O2S. The molecule has 4 rings (SSSR count). The number of benzene rings is 2. The number of H-pyrrole nitrogens is 1. The Kier molecular flexibility index (Phi) is 6.17. The standard InChI is InChI=1S/C23H19ClFN5O2S/c1-23(2)21(31)29(17-8-5-15(11-26)19(24)20(17)25)22(33)30(23)16-6-3-14(4-7-16)12-32-13-18-27-9-10-28-18/h3-10H,12-13H2,1-2H3,(H,27,28). The molecule has 168 valence electrons. The quantitative estimate of drug-likeness (QED) is 0.511. The summed E-state index contributed by atoms with van der Waals surface area (Å²) in [4.78, 5) is 23.1. The van der Waals surface area contributed by atoms with Gasteiger partial charge in [-0.25, -0.2) is 9.37 Å². The van der Waals surface area contributed by atoms with E-state index >= 15 is 0 Å². The average molecular weight is 484 g/mol. The van der Waals surface area contributed by atoms with E-state index in [0.717, 1.165) is 16.3 Å². The highest BCUT2D eigenvalue weighted by Gasteiger charge is 2.51. The Labute approximate surface area is 200 Å². The summed E-state index contributed by atoms with van der Waals surface area (Å²) >= 11 is 11.6. The van der Waals surface area contributed by atoms with Gasteiger partial charge in [0.25, 0.3) is 5.91 Å². The van der Waals surface area contributed by atoms with E-state index in [0.29, 0.717) is 18.9 Å². The van der Waals surface area contributed by atoms with Crippen LogP contribution in [0.1, 0.15) is 30.8 Å². The number of nitrogens with one attached hydrogen (secondary N) is 1. The number of hydrogen-bond donors (Lipinski definition) is 1. The summed E-state index contributed by atoms with van der Waals surface area (Å²) in [5.74, 6) is -0.532. The molecule has 1 amide bonds. The smallest absolute Gasteiger partial charge is 0.259 e. The molecule has 0 saturated carbocycles. The fourth-order valence-corrected chi connectivity index (χ4v) is 4.34. The second-order valence-electron chi connectivity index (χ2n) is 7.88. The molecule has 10 heteroatoms. The molecule has 0 unspecified atom stereocenters. The summed E-state index contributed by atoms with van der Waals surface area (Å²) in [7, 11) is 0. The first-order chi connectivity index (χ1) is 15.8. The number of hydrogen-bond acceptors (Lipinski definition) is 5. The van der Waals surface area contributed by atoms with Crippen LogP contribution in [0.5, 0.6) is 0 Å². The largest absolute Gasteiger partial charge is 0.369 e. The fourth-order valence-electron chi connectivity index (χ4n) is 3.62. The van der Waals surface area contributed by atoms with E-state index < -0.39 is 17.3 Å². The lowest BCUT2D eigenvalue weighted by Gasteiger charge is -2.29. The summed E-state index contributed by atoms with van der Waals surface area (Å²) in [6.45, 7) is 4.17. The van der Waals surface area contributed by atoms with Crippen LogP contribution in [-0.2, 0) is 22.7 Å². The molecule has 1 aliphatic rings. The van der Waals surface area contributed by atoms with Gasteiger partial charge in [-0.1, -0.05) is 23.7 Å². The molecule has 1 fully saturated rings. The monoisotopic (exact) mass is 483 g/mol. The van der Waals surface area contributed by atoms with Gasteiger partial charge < -0.3 is 14.6 Å². The topological polar surface area (TPSA) is 85.2 Å². The highest BCUT2D eigenvalue weighted by Crippen LogP contribution is 2.39.